The number of anilines is 1. The molecular weight excluding hydrogens is 310 g/mol. The van der Waals surface area contributed by atoms with Gasteiger partial charge < -0.3 is 5.73 Å². The van der Waals surface area contributed by atoms with E-state index in [0.29, 0.717) is 0 Å². The van der Waals surface area contributed by atoms with Gasteiger partial charge in [0.25, 0.3) is 0 Å². The quantitative estimate of drug-likeness (QED) is 0.828. The van der Waals surface area contributed by atoms with Crippen molar-refractivity contribution in [1.82, 2.24) is 0 Å². The Morgan fingerprint density at radius 1 is 1.16 bits per heavy atom. The van der Waals surface area contributed by atoms with Crippen LogP contribution in [-0.4, -0.2) is 33.6 Å². The molecule has 0 aliphatic carbocycles. The number of halogens is 1. The lowest BCUT2D eigenvalue weighted by molar-refractivity contribution is 0.582. The van der Waals surface area contributed by atoms with Crippen LogP contribution in [0.4, 0.5) is 5.69 Å². The molecule has 108 valence electrons. The van der Waals surface area contributed by atoms with Crippen LogP contribution in [0.25, 0.3) is 0 Å². The average Bonchev–Trinajstić information content (AvgIpc) is 2.30. The molecule has 0 bridgehead atoms. The van der Waals surface area contributed by atoms with Crippen molar-refractivity contribution < 1.29 is 16.8 Å². The number of benzene rings is 1. The number of hydrogen-bond acceptors (Lipinski definition) is 5. The van der Waals surface area contributed by atoms with E-state index in [1.54, 1.807) is 0 Å². The molecule has 0 aliphatic heterocycles. The van der Waals surface area contributed by atoms with Gasteiger partial charge in [-0.2, -0.15) is 0 Å². The second kappa shape index (κ2) is 5.68. The number of rotatable bonds is 5. The molecule has 19 heavy (non-hydrogen) atoms. The first-order valence-electron chi connectivity index (χ1n) is 5.55. The van der Waals surface area contributed by atoms with Crippen LogP contribution in [0.2, 0.25) is 5.02 Å². The maximum Gasteiger partial charge on any atom is 0.179 e. The fraction of sp³-hybridized carbons (Fsp3) is 0.455. The summed E-state index contributed by atoms with van der Waals surface area (Å²) < 4.78 is 47.2. The smallest absolute Gasteiger partial charge is 0.179 e. The Morgan fingerprint density at radius 2 is 1.74 bits per heavy atom. The van der Waals surface area contributed by atoms with Crippen LogP contribution in [0.5, 0.6) is 0 Å². The van der Waals surface area contributed by atoms with Crippen molar-refractivity contribution in [2.24, 2.45) is 0 Å². The van der Waals surface area contributed by atoms with Gasteiger partial charge in [-0.05, 0) is 32.0 Å². The minimum atomic E-state index is -3.69. The molecule has 0 atom stereocenters. The highest BCUT2D eigenvalue weighted by Crippen LogP contribution is 2.23. The third kappa shape index (κ3) is 4.09. The van der Waals surface area contributed by atoms with Gasteiger partial charge in [-0.15, -0.1) is 0 Å². The highest BCUT2D eigenvalue weighted by atomic mass is 35.5. The SMILES string of the molecule is CC(C)S(=O)(=O)CCS(=O)(=O)c1ccc(N)c(Cl)c1. The number of nitrogen functional groups attached to an aromatic ring is 1. The third-order valence-electron chi connectivity index (χ3n) is 2.69. The Kier molecular flexibility index (Phi) is 4.86. The fourth-order valence-corrected chi connectivity index (χ4v) is 4.61. The maximum atomic E-state index is 12.0. The zero-order valence-electron chi connectivity index (χ0n) is 10.6. The molecule has 0 radical (unpaired) electrons. The van der Waals surface area contributed by atoms with E-state index in [-0.39, 0.29) is 15.6 Å². The first kappa shape index (κ1) is 16.3. The average molecular weight is 326 g/mol. The summed E-state index contributed by atoms with van der Waals surface area (Å²) in [6.45, 7) is 3.03. The zero-order valence-corrected chi connectivity index (χ0v) is 13.0. The maximum absolute atomic E-state index is 12.0. The van der Waals surface area contributed by atoms with Crippen molar-refractivity contribution in [3.05, 3.63) is 23.2 Å². The summed E-state index contributed by atoms with van der Waals surface area (Å²) in [4.78, 5) is -0.0225. The van der Waals surface area contributed by atoms with Crippen LogP contribution in [0.1, 0.15) is 13.8 Å². The van der Waals surface area contributed by atoms with Crippen molar-refractivity contribution in [2.75, 3.05) is 17.2 Å². The summed E-state index contributed by atoms with van der Waals surface area (Å²) in [7, 11) is -7.08. The molecule has 0 aliphatic rings. The molecule has 0 heterocycles. The van der Waals surface area contributed by atoms with E-state index in [0.717, 1.165) is 0 Å². The number of nitrogens with two attached hydrogens (primary N) is 1. The van der Waals surface area contributed by atoms with E-state index < -0.39 is 36.4 Å². The highest BCUT2D eigenvalue weighted by molar-refractivity contribution is 7.95. The second-order valence-corrected chi connectivity index (χ2v) is 9.61. The van der Waals surface area contributed by atoms with Crippen molar-refractivity contribution in [3.63, 3.8) is 0 Å². The van der Waals surface area contributed by atoms with Gasteiger partial charge in [-0.1, -0.05) is 11.6 Å². The Hall–Kier alpha value is -0.790. The highest BCUT2D eigenvalue weighted by Gasteiger charge is 2.22. The number of sulfone groups is 2. The van der Waals surface area contributed by atoms with E-state index in [1.165, 1.54) is 32.0 Å². The molecule has 1 aromatic rings. The molecule has 1 aromatic carbocycles. The van der Waals surface area contributed by atoms with Crippen LogP contribution in [0.3, 0.4) is 0 Å². The van der Waals surface area contributed by atoms with Gasteiger partial charge >= 0.3 is 0 Å². The molecule has 0 saturated carbocycles. The molecule has 0 fully saturated rings. The van der Waals surface area contributed by atoms with Gasteiger partial charge in [0.2, 0.25) is 0 Å². The summed E-state index contributed by atoms with van der Waals surface area (Å²) >= 11 is 5.75. The molecule has 2 N–H and O–H groups in total. The predicted molar refractivity (Wildman–Crippen MR) is 76.8 cm³/mol. The minimum absolute atomic E-state index is 0.0225. The van der Waals surface area contributed by atoms with Crippen molar-refractivity contribution in [3.8, 4) is 0 Å². The summed E-state index contributed by atoms with van der Waals surface area (Å²) in [5.74, 6) is -0.872. The zero-order chi connectivity index (χ0) is 14.8. The normalized spacial score (nSPS) is 12.8. The van der Waals surface area contributed by atoms with Crippen molar-refractivity contribution >= 4 is 37.0 Å². The summed E-state index contributed by atoms with van der Waals surface area (Å²) in [5, 5.41) is -0.467. The molecule has 0 spiro atoms. The van der Waals surface area contributed by atoms with Crippen LogP contribution in [-0.2, 0) is 19.7 Å². The van der Waals surface area contributed by atoms with E-state index >= 15 is 0 Å². The summed E-state index contributed by atoms with van der Waals surface area (Å²) in [6, 6.07) is 3.93. The Morgan fingerprint density at radius 3 is 2.21 bits per heavy atom. The van der Waals surface area contributed by atoms with Gasteiger partial charge in [-0.25, -0.2) is 16.8 Å². The Bertz CT molecular complexity index is 666. The van der Waals surface area contributed by atoms with E-state index in [1.807, 2.05) is 0 Å². The molecular formula is C11H16ClNO4S2. The van der Waals surface area contributed by atoms with Crippen molar-refractivity contribution in [2.45, 2.75) is 24.0 Å². The molecule has 8 heteroatoms. The lowest BCUT2D eigenvalue weighted by Gasteiger charge is -2.09. The van der Waals surface area contributed by atoms with Crippen LogP contribution < -0.4 is 5.73 Å². The van der Waals surface area contributed by atoms with E-state index in [2.05, 4.69) is 0 Å². The monoisotopic (exact) mass is 325 g/mol. The fourth-order valence-electron chi connectivity index (χ4n) is 1.28. The Labute approximate surface area is 118 Å². The lowest BCUT2D eigenvalue weighted by atomic mass is 10.3. The van der Waals surface area contributed by atoms with Crippen LogP contribution >= 0.6 is 11.6 Å². The van der Waals surface area contributed by atoms with Crippen LogP contribution in [0.15, 0.2) is 23.1 Å². The third-order valence-corrected chi connectivity index (χ3v) is 7.19. The number of hydrogen-bond donors (Lipinski definition) is 1. The first-order chi connectivity index (χ1) is 8.56. The van der Waals surface area contributed by atoms with Gasteiger partial charge in [0.1, 0.15) is 0 Å². The van der Waals surface area contributed by atoms with Gasteiger partial charge in [-0.3, -0.25) is 0 Å². The summed E-state index contributed by atoms with van der Waals surface area (Å²) in [6.07, 6.45) is 0. The summed E-state index contributed by atoms with van der Waals surface area (Å²) in [5.41, 5.74) is 5.77. The topological polar surface area (TPSA) is 94.3 Å². The van der Waals surface area contributed by atoms with Crippen LogP contribution in [0, 0.1) is 0 Å². The van der Waals surface area contributed by atoms with E-state index in [9.17, 15) is 16.8 Å². The van der Waals surface area contributed by atoms with Gasteiger partial charge in [0.15, 0.2) is 19.7 Å². The first-order valence-corrected chi connectivity index (χ1v) is 9.30. The molecule has 0 amide bonds. The second-order valence-electron chi connectivity index (χ2n) is 4.42. The minimum Gasteiger partial charge on any atom is -0.398 e. The standard InChI is InChI=1S/C11H16ClNO4S2/c1-8(2)18(14,15)5-6-19(16,17)9-3-4-11(13)10(12)7-9/h3-4,7-8H,5-6,13H2,1-2H3. The molecule has 0 saturated heterocycles. The van der Waals surface area contributed by atoms with Crippen molar-refractivity contribution in [1.29, 1.82) is 0 Å². The molecule has 5 nitrogen and oxygen atoms in total. The van der Waals surface area contributed by atoms with Gasteiger partial charge in [0.05, 0.1) is 32.4 Å². The predicted octanol–water partition coefficient (Wildman–Crippen LogP) is 1.52. The lowest BCUT2D eigenvalue weighted by Crippen LogP contribution is -2.23. The largest absolute Gasteiger partial charge is 0.398 e. The molecule has 1 rings (SSSR count). The molecule has 0 aromatic heterocycles. The van der Waals surface area contributed by atoms with E-state index in [4.69, 9.17) is 17.3 Å². The van der Waals surface area contributed by atoms with Gasteiger partial charge in [0, 0.05) is 0 Å². The Balaban J connectivity index is 2.97. The molecule has 0 unspecified atom stereocenters.